The van der Waals surface area contributed by atoms with Gasteiger partial charge in [-0.05, 0) is 42.8 Å². The molecule has 24 heavy (non-hydrogen) atoms. The van der Waals surface area contributed by atoms with E-state index in [9.17, 15) is 9.59 Å². The van der Waals surface area contributed by atoms with Crippen LogP contribution in [0.15, 0.2) is 48.5 Å². The third-order valence-electron chi connectivity index (χ3n) is 3.47. The number of hydrogen-bond acceptors (Lipinski definition) is 3. The Hall–Kier alpha value is -2.82. The molecule has 0 aromatic heterocycles. The molecule has 2 rings (SSSR count). The number of nitrogens with one attached hydrogen (secondary N) is 2. The standard InChI is InChI=1S/C19H22N2O3/c1-3-4-11-24-17-10-6-8-15(13-17)19(23)21-16-9-5-7-14(12-16)18(22)20-2/h5-10,12-13H,3-4,11H2,1-2H3,(H,20,22)(H,21,23). The van der Waals surface area contributed by atoms with E-state index in [1.165, 1.54) is 0 Å². The van der Waals surface area contributed by atoms with Crippen molar-refractivity contribution in [2.24, 2.45) is 0 Å². The van der Waals surface area contributed by atoms with Gasteiger partial charge >= 0.3 is 0 Å². The van der Waals surface area contributed by atoms with Crippen LogP contribution in [0.1, 0.15) is 40.5 Å². The molecule has 0 aliphatic rings. The number of carbonyl (C=O) groups excluding carboxylic acids is 2. The third-order valence-corrected chi connectivity index (χ3v) is 3.47. The second kappa shape index (κ2) is 8.72. The van der Waals surface area contributed by atoms with Crippen LogP contribution in [0.25, 0.3) is 0 Å². The lowest BCUT2D eigenvalue weighted by Crippen LogP contribution is -2.18. The quantitative estimate of drug-likeness (QED) is 0.766. The molecule has 0 aliphatic heterocycles. The number of ether oxygens (including phenoxy) is 1. The first kappa shape index (κ1) is 17.5. The van der Waals surface area contributed by atoms with Crippen LogP contribution in [0.4, 0.5) is 5.69 Å². The third kappa shape index (κ3) is 4.84. The molecule has 0 heterocycles. The Kier molecular flexibility index (Phi) is 6.37. The van der Waals surface area contributed by atoms with Gasteiger partial charge in [0, 0.05) is 23.9 Å². The SMILES string of the molecule is CCCCOc1cccc(C(=O)Nc2cccc(C(=O)NC)c2)c1. The molecule has 0 saturated carbocycles. The summed E-state index contributed by atoms with van der Waals surface area (Å²) in [6, 6.07) is 13.9. The smallest absolute Gasteiger partial charge is 0.255 e. The first-order valence-corrected chi connectivity index (χ1v) is 8.00. The van der Waals surface area contributed by atoms with E-state index in [0.717, 1.165) is 12.8 Å². The molecule has 0 spiro atoms. The van der Waals surface area contributed by atoms with Crippen molar-refractivity contribution >= 4 is 17.5 Å². The fourth-order valence-corrected chi connectivity index (χ4v) is 2.15. The van der Waals surface area contributed by atoms with Gasteiger partial charge in [-0.3, -0.25) is 9.59 Å². The van der Waals surface area contributed by atoms with Crippen molar-refractivity contribution in [1.82, 2.24) is 5.32 Å². The van der Waals surface area contributed by atoms with Crippen molar-refractivity contribution in [2.75, 3.05) is 19.0 Å². The summed E-state index contributed by atoms with van der Waals surface area (Å²) < 4.78 is 5.62. The van der Waals surface area contributed by atoms with E-state index in [-0.39, 0.29) is 11.8 Å². The van der Waals surface area contributed by atoms with Gasteiger partial charge in [-0.1, -0.05) is 25.5 Å². The second-order valence-corrected chi connectivity index (χ2v) is 5.34. The molecule has 126 valence electrons. The Morgan fingerprint density at radius 1 is 1.00 bits per heavy atom. The van der Waals surface area contributed by atoms with Crippen LogP contribution < -0.4 is 15.4 Å². The average Bonchev–Trinajstić information content (AvgIpc) is 2.61. The Morgan fingerprint density at radius 2 is 1.71 bits per heavy atom. The fourth-order valence-electron chi connectivity index (χ4n) is 2.15. The first-order chi connectivity index (χ1) is 11.6. The van der Waals surface area contributed by atoms with Crippen LogP contribution in [0.5, 0.6) is 5.75 Å². The van der Waals surface area contributed by atoms with Crippen LogP contribution in [0.3, 0.4) is 0 Å². The predicted molar refractivity (Wildman–Crippen MR) is 94.6 cm³/mol. The number of anilines is 1. The van der Waals surface area contributed by atoms with Gasteiger partial charge in [-0.2, -0.15) is 0 Å². The van der Waals surface area contributed by atoms with Gasteiger partial charge in [-0.15, -0.1) is 0 Å². The van der Waals surface area contributed by atoms with Gasteiger partial charge in [0.2, 0.25) is 0 Å². The molecule has 5 heteroatoms. The summed E-state index contributed by atoms with van der Waals surface area (Å²) in [6.45, 7) is 2.73. The molecule has 2 aromatic carbocycles. The van der Waals surface area contributed by atoms with Gasteiger partial charge in [0.1, 0.15) is 5.75 Å². The zero-order chi connectivity index (χ0) is 17.4. The van der Waals surface area contributed by atoms with Crippen LogP contribution in [0, 0.1) is 0 Å². The molecule has 2 N–H and O–H groups in total. The van der Waals surface area contributed by atoms with Crippen LogP contribution >= 0.6 is 0 Å². The summed E-state index contributed by atoms with van der Waals surface area (Å²) in [4.78, 5) is 24.0. The van der Waals surface area contributed by atoms with E-state index in [1.54, 1.807) is 49.5 Å². The van der Waals surface area contributed by atoms with Crippen molar-refractivity contribution < 1.29 is 14.3 Å². The van der Waals surface area contributed by atoms with Crippen molar-refractivity contribution in [3.05, 3.63) is 59.7 Å². The van der Waals surface area contributed by atoms with Gasteiger partial charge in [0.25, 0.3) is 11.8 Å². The van der Waals surface area contributed by atoms with Crippen molar-refractivity contribution in [3.8, 4) is 5.75 Å². The lowest BCUT2D eigenvalue weighted by Gasteiger charge is -2.09. The maximum Gasteiger partial charge on any atom is 0.255 e. The predicted octanol–water partition coefficient (Wildman–Crippen LogP) is 3.48. The molecule has 0 radical (unpaired) electrons. The van der Waals surface area contributed by atoms with Crippen molar-refractivity contribution in [3.63, 3.8) is 0 Å². The molecule has 0 unspecified atom stereocenters. The first-order valence-electron chi connectivity index (χ1n) is 8.00. The Labute approximate surface area is 142 Å². The van der Waals surface area contributed by atoms with E-state index in [2.05, 4.69) is 17.6 Å². The second-order valence-electron chi connectivity index (χ2n) is 5.34. The zero-order valence-electron chi connectivity index (χ0n) is 14.0. The fraction of sp³-hybridized carbons (Fsp3) is 0.263. The average molecular weight is 326 g/mol. The van der Waals surface area contributed by atoms with Crippen LogP contribution in [-0.4, -0.2) is 25.5 Å². The highest BCUT2D eigenvalue weighted by atomic mass is 16.5. The Morgan fingerprint density at radius 3 is 2.42 bits per heavy atom. The Balaban J connectivity index is 2.07. The maximum atomic E-state index is 12.4. The van der Waals surface area contributed by atoms with Crippen LogP contribution in [0.2, 0.25) is 0 Å². The molecule has 0 atom stereocenters. The van der Waals surface area contributed by atoms with Gasteiger partial charge < -0.3 is 15.4 Å². The highest BCUT2D eigenvalue weighted by Gasteiger charge is 2.09. The molecule has 0 fully saturated rings. The molecule has 0 aliphatic carbocycles. The Bertz CT molecular complexity index is 713. The maximum absolute atomic E-state index is 12.4. The monoisotopic (exact) mass is 326 g/mol. The van der Waals surface area contributed by atoms with E-state index in [4.69, 9.17) is 4.74 Å². The van der Waals surface area contributed by atoms with Gasteiger partial charge in [0.05, 0.1) is 6.61 Å². The van der Waals surface area contributed by atoms with Crippen molar-refractivity contribution in [1.29, 1.82) is 0 Å². The van der Waals surface area contributed by atoms with E-state index >= 15 is 0 Å². The summed E-state index contributed by atoms with van der Waals surface area (Å²) in [5, 5.41) is 5.35. The molecular formula is C19H22N2O3. The number of benzene rings is 2. The number of rotatable bonds is 7. The normalized spacial score (nSPS) is 10.1. The zero-order valence-corrected chi connectivity index (χ0v) is 14.0. The summed E-state index contributed by atoms with van der Waals surface area (Å²) in [7, 11) is 1.57. The van der Waals surface area contributed by atoms with Gasteiger partial charge in [-0.25, -0.2) is 0 Å². The number of amides is 2. The molecule has 2 aromatic rings. The molecule has 0 saturated heterocycles. The summed E-state index contributed by atoms with van der Waals surface area (Å²) in [6.07, 6.45) is 2.03. The molecule has 5 nitrogen and oxygen atoms in total. The summed E-state index contributed by atoms with van der Waals surface area (Å²) in [5.41, 5.74) is 1.57. The highest BCUT2D eigenvalue weighted by Crippen LogP contribution is 2.16. The number of unbranched alkanes of at least 4 members (excludes halogenated alkanes) is 1. The topological polar surface area (TPSA) is 67.4 Å². The lowest BCUT2D eigenvalue weighted by atomic mass is 10.1. The lowest BCUT2D eigenvalue weighted by molar-refractivity contribution is 0.0961. The summed E-state index contributed by atoms with van der Waals surface area (Å²) in [5.74, 6) is 0.234. The molecular weight excluding hydrogens is 304 g/mol. The minimum absolute atomic E-state index is 0.197. The van der Waals surface area contributed by atoms with E-state index in [0.29, 0.717) is 29.2 Å². The van der Waals surface area contributed by atoms with Crippen LogP contribution in [-0.2, 0) is 0 Å². The van der Waals surface area contributed by atoms with E-state index < -0.39 is 0 Å². The van der Waals surface area contributed by atoms with Gasteiger partial charge in [0.15, 0.2) is 0 Å². The van der Waals surface area contributed by atoms with Crippen molar-refractivity contribution in [2.45, 2.75) is 19.8 Å². The molecule has 2 amide bonds. The van der Waals surface area contributed by atoms with E-state index in [1.807, 2.05) is 6.07 Å². The largest absolute Gasteiger partial charge is 0.494 e. The minimum Gasteiger partial charge on any atom is -0.494 e. The number of carbonyl (C=O) groups is 2. The highest BCUT2D eigenvalue weighted by molar-refractivity contribution is 6.05. The minimum atomic E-state index is -0.245. The number of hydrogen-bond donors (Lipinski definition) is 2. The summed E-state index contributed by atoms with van der Waals surface area (Å²) >= 11 is 0. The molecule has 0 bridgehead atoms.